The molecule has 9 nitrogen and oxygen atoms in total. The predicted octanol–water partition coefficient (Wildman–Crippen LogP) is 1.78. The fraction of sp³-hybridized carbons (Fsp3) is 0.400. The highest BCUT2D eigenvalue weighted by molar-refractivity contribution is 7.89. The number of oxazole rings is 1. The van der Waals surface area contributed by atoms with Crippen molar-refractivity contribution in [2.75, 3.05) is 20.1 Å². The van der Waals surface area contributed by atoms with E-state index in [1.807, 2.05) is 0 Å². The molecule has 0 saturated carbocycles. The van der Waals surface area contributed by atoms with Crippen LogP contribution in [0.15, 0.2) is 55.1 Å². The number of amides is 1. The molecule has 1 aliphatic rings. The van der Waals surface area contributed by atoms with Gasteiger partial charge < -0.3 is 13.7 Å². The zero-order valence-electron chi connectivity index (χ0n) is 16.8. The molecular formula is C20H23N3O6S. The molecule has 0 bridgehead atoms. The number of benzene rings is 1. The van der Waals surface area contributed by atoms with E-state index in [1.54, 1.807) is 43.5 Å². The molecule has 0 N–H and O–H groups in total. The van der Waals surface area contributed by atoms with Crippen LogP contribution in [0.3, 0.4) is 0 Å². The Hall–Kier alpha value is -2.85. The van der Waals surface area contributed by atoms with Crippen LogP contribution in [0.2, 0.25) is 0 Å². The number of sulfonamides is 1. The van der Waals surface area contributed by atoms with Gasteiger partial charge in [-0.05, 0) is 37.1 Å². The Morgan fingerprint density at radius 3 is 2.83 bits per heavy atom. The van der Waals surface area contributed by atoms with Gasteiger partial charge in [0.15, 0.2) is 5.58 Å². The van der Waals surface area contributed by atoms with Gasteiger partial charge >= 0.3 is 5.76 Å². The van der Waals surface area contributed by atoms with Gasteiger partial charge in [0.05, 0.1) is 29.1 Å². The van der Waals surface area contributed by atoms with Crippen molar-refractivity contribution in [3.63, 3.8) is 0 Å². The molecule has 0 aliphatic carbocycles. The Kier molecular flexibility index (Phi) is 5.29. The average Bonchev–Trinajstić information content (AvgIpc) is 3.35. The molecule has 1 amide bonds. The molecule has 3 aromatic rings. The average molecular weight is 433 g/mol. The number of aryl methyl sites for hydroxylation is 1. The van der Waals surface area contributed by atoms with Gasteiger partial charge in [0, 0.05) is 33.3 Å². The van der Waals surface area contributed by atoms with E-state index in [-0.39, 0.29) is 22.9 Å². The Morgan fingerprint density at radius 2 is 2.10 bits per heavy atom. The SMILES string of the molecule is CN(Cc1ccco1)C(=O)C1CCCN(S(=O)(=O)c2ccc3c(c2)oc(=O)n3C)C1. The molecule has 1 unspecified atom stereocenters. The molecule has 0 spiro atoms. The van der Waals surface area contributed by atoms with Crippen molar-refractivity contribution >= 4 is 27.0 Å². The third-order valence-corrected chi connectivity index (χ3v) is 7.35. The lowest BCUT2D eigenvalue weighted by Gasteiger charge is -2.33. The van der Waals surface area contributed by atoms with E-state index in [0.717, 1.165) is 0 Å². The summed E-state index contributed by atoms with van der Waals surface area (Å²) in [5, 5.41) is 0. The summed E-state index contributed by atoms with van der Waals surface area (Å²) in [6.07, 6.45) is 2.76. The molecule has 2 aromatic heterocycles. The summed E-state index contributed by atoms with van der Waals surface area (Å²) in [6, 6.07) is 7.92. The van der Waals surface area contributed by atoms with Crippen LogP contribution in [0.1, 0.15) is 18.6 Å². The minimum atomic E-state index is -3.83. The first-order valence-corrected chi connectivity index (χ1v) is 11.1. The molecule has 1 atom stereocenters. The second-order valence-corrected chi connectivity index (χ2v) is 9.47. The zero-order valence-corrected chi connectivity index (χ0v) is 17.6. The minimum absolute atomic E-state index is 0.0430. The highest BCUT2D eigenvalue weighted by Gasteiger charge is 2.34. The van der Waals surface area contributed by atoms with Crippen molar-refractivity contribution in [1.82, 2.24) is 13.8 Å². The standard InChI is InChI=1S/C20H23N3O6S/c1-21(13-15-6-4-10-28-15)19(24)14-5-3-9-23(12-14)30(26,27)16-7-8-17-18(11-16)29-20(25)22(17)2/h4,6-8,10-11,14H,3,5,9,12-13H2,1-2H3. The van der Waals surface area contributed by atoms with Crippen LogP contribution >= 0.6 is 0 Å². The van der Waals surface area contributed by atoms with E-state index in [2.05, 4.69) is 0 Å². The third kappa shape index (κ3) is 3.68. The van der Waals surface area contributed by atoms with E-state index in [4.69, 9.17) is 8.83 Å². The monoisotopic (exact) mass is 433 g/mol. The van der Waals surface area contributed by atoms with Crippen LogP contribution in [0.5, 0.6) is 0 Å². The molecule has 1 aromatic carbocycles. The van der Waals surface area contributed by atoms with Gasteiger partial charge in [-0.25, -0.2) is 13.2 Å². The van der Waals surface area contributed by atoms with Crippen LogP contribution < -0.4 is 5.76 Å². The van der Waals surface area contributed by atoms with E-state index in [0.29, 0.717) is 37.2 Å². The first-order valence-electron chi connectivity index (χ1n) is 9.64. The number of fused-ring (bicyclic) bond motifs is 1. The van der Waals surface area contributed by atoms with Crippen LogP contribution in [-0.2, 0) is 28.4 Å². The van der Waals surface area contributed by atoms with Gasteiger partial charge in [-0.2, -0.15) is 4.31 Å². The maximum absolute atomic E-state index is 13.2. The molecule has 1 saturated heterocycles. The largest absolute Gasteiger partial charge is 0.467 e. The fourth-order valence-corrected chi connectivity index (χ4v) is 5.35. The highest BCUT2D eigenvalue weighted by atomic mass is 32.2. The van der Waals surface area contributed by atoms with Crippen molar-refractivity contribution in [2.45, 2.75) is 24.3 Å². The minimum Gasteiger partial charge on any atom is -0.467 e. The number of aromatic nitrogens is 1. The smallest absolute Gasteiger partial charge is 0.419 e. The highest BCUT2D eigenvalue weighted by Crippen LogP contribution is 2.27. The van der Waals surface area contributed by atoms with Crippen molar-refractivity contribution in [2.24, 2.45) is 13.0 Å². The number of hydrogen-bond acceptors (Lipinski definition) is 6. The lowest BCUT2D eigenvalue weighted by molar-refractivity contribution is -0.136. The van der Waals surface area contributed by atoms with Crippen molar-refractivity contribution in [1.29, 1.82) is 0 Å². The van der Waals surface area contributed by atoms with Crippen molar-refractivity contribution in [3.05, 3.63) is 52.9 Å². The van der Waals surface area contributed by atoms with Crippen LogP contribution in [0.4, 0.5) is 0 Å². The lowest BCUT2D eigenvalue weighted by Crippen LogP contribution is -2.45. The van der Waals surface area contributed by atoms with E-state index in [1.165, 1.54) is 21.0 Å². The molecule has 4 rings (SSSR count). The summed E-state index contributed by atoms with van der Waals surface area (Å²) in [5.74, 6) is -0.422. The number of piperidine rings is 1. The number of rotatable bonds is 5. The summed E-state index contributed by atoms with van der Waals surface area (Å²) in [5.41, 5.74) is 0.733. The first-order chi connectivity index (χ1) is 14.3. The predicted molar refractivity (Wildman–Crippen MR) is 108 cm³/mol. The molecule has 1 fully saturated rings. The van der Waals surface area contributed by atoms with Gasteiger partial charge in [0.25, 0.3) is 0 Å². The van der Waals surface area contributed by atoms with Gasteiger partial charge in [-0.3, -0.25) is 9.36 Å². The summed E-state index contributed by atoms with van der Waals surface area (Å²) < 4.78 is 39.4. The molecule has 1 aliphatic heterocycles. The van der Waals surface area contributed by atoms with E-state index in [9.17, 15) is 18.0 Å². The Balaban J connectivity index is 1.53. The molecule has 160 valence electrons. The van der Waals surface area contributed by atoms with Gasteiger partial charge in [0.1, 0.15) is 5.76 Å². The number of furan rings is 1. The quantitative estimate of drug-likeness (QED) is 0.607. The van der Waals surface area contributed by atoms with Gasteiger partial charge in [-0.1, -0.05) is 0 Å². The van der Waals surface area contributed by atoms with Gasteiger partial charge in [0.2, 0.25) is 15.9 Å². The second-order valence-electron chi connectivity index (χ2n) is 7.53. The molecule has 30 heavy (non-hydrogen) atoms. The number of hydrogen-bond donors (Lipinski definition) is 0. The summed E-state index contributed by atoms with van der Waals surface area (Å²) in [6.45, 7) is 0.782. The molecular weight excluding hydrogens is 410 g/mol. The number of carbonyl (C=O) groups excluding carboxylic acids is 1. The van der Waals surface area contributed by atoms with E-state index < -0.39 is 21.7 Å². The second kappa shape index (κ2) is 7.77. The Labute approximate surface area is 173 Å². The summed E-state index contributed by atoms with van der Waals surface area (Å²) in [4.78, 5) is 26.1. The molecule has 0 radical (unpaired) electrons. The Bertz CT molecular complexity index is 1230. The Morgan fingerprint density at radius 1 is 1.30 bits per heavy atom. The fourth-order valence-electron chi connectivity index (χ4n) is 3.81. The van der Waals surface area contributed by atoms with E-state index >= 15 is 0 Å². The first kappa shape index (κ1) is 20.4. The third-order valence-electron chi connectivity index (χ3n) is 5.48. The summed E-state index contributed by atoms with van der Waals surface area (Å²) >= 11 is 0. The molecule has 10 heteroatoms. The lowest BCUT2D eigenvalue weighted by atomic mass is 9.98. The number of carbonyl (C=O) groups is 1. The zero-order chi connectivity index (χ0) is 21.5. The van der Waals surface area contributed by atoms with Crippen LogP contribution in [0, 0.1) is 5.92 Å². The van der Waals surface area contributed by atoms with Crippen molar-refractivity contribution < 1.29 is 22.0 Å². The van der Waals surface area contributed by atoms with Crippen molar-refractivity contribution in [3.8, 4) is 0 Å². The maximum atomic E-state index is 13.2. The number of nitrogens with zero attached hydrogens (tertiary/aromatic N) is 3. The normalized spacial score (nSPS) is 18.0. The summed E-state index contributed by atoms with van der Waals surface area (Å²) in [7, 11) is -0.584. The topological polar surface area (TPSA) is 106 Å². The van der Waals surface area contributed by atoms with Gasteiger partial charge in [-0.15, -0.1) is 0 Å². The maximum Gasteiger partial charge on any atom is 0.419 e. The van der Waals surface area contributed by atoms with Crippen LogP contribution in [-0.4, -0.2) is 48.2 Å². The molecule has 3 heterocycles. The van der Waals surface area contributed by atoms with Crippen LogP contribution in [0.25, 0.3) is 11.1 Å².